The zero-order valence-electron chi connectivity index (χ0n) is 12.4. The van der Waals surface area contributed by atoms with E-state index in [1.165, 1.54) is 30.3 Å². The molecule has 1 aromatic carbocycles. The van der Waals surface area contributed by atoms with Gasteiger partial charge in [0.25, 0.3) is 11.6 Å². The lowest BCUT2D eigenvalue weighted by molar-refractivity contribution is -0.384. The number of nitro groups is 1. The highest BCUT2D eigenvalue weighted by atomic mass is 19.4. The van der Waals surface area contributed by atoms with Gasteiger partial charge in [0.1, 0.15) is 6.54 Å². The third kappa shape index (κ3) is 6.90. The number of alkyl halides is 3. The normalized spacial score (nSPS) is 12.7. The summed E-state index contributed by atoms with van der Waals surface area (Å²) in [6.07, 6.45) is -3.72. The minimum atomic E-state index is -4.56. The molecule has 0 bridgehead atoms. The fraction of sp³-hybridized carbons (Fsp3) is 0.286. The first kappa shape index (κ1) is 19.1. The second kappa shape index (κ2) is 8.09. The second-order valence-electron chi connectivity index (χ2n) is 4.59. The van der Waals surface area contributed by atoms with Gasteiger partial charge in [-0.1, -0.05) is 0 Å². The Bertz CT molecular complexity index is 641. The Kier molecular flexibility index (Phi) is 6.45. The molecule has 1 rings (SSSR count). The van der Waals surface area contributed by atoms with Gasteiger partial charge in [0.05, 0.1) is 4.92 Å². The van der Waals surface area contributed by atoms with E-state index >= 15 is 0 Å². The molecular formula is C14H13F3N2O5. The van der Waals surface area contributed by atoms with Gasteiger partial charge in [-0.05, 0) is 30.7 Å². The van der Waals surface area contributed by atoms with Crippen molar-refractivity contribution in [1.82, 2.24) is 5.32 Å². The number of hydrogen-bond acceptors (Lipinski definition) is 5. The molecule has 10 heteroatoms. The summed E-state index contributed by atoms with van der Waals surface area (Å²) in [4.78, 5) is 32.7. The number of benzene rings is 1. The maximum absolute atomic E-state index is 12.0. The minimum Gasteiger partial charge on any atom is -0.449 e. The van der Waals surface area contributed by atoms with Crippen LogP contribution in [0.5, 0.6) is 0 Å². The number of hydrogen-bond donors (Lipinski definition) is 1. The van der Waals surface area contributed by atoms with E-state index in [-0.39, 0.29) is 5.69 Å². The third-order valence-electron chi connectivity index (χ3n) is 2.64. The molecule has 0 heterocycles. The average molecular weight is 346 g/mol. The molecular weight excluding hydrogens is 333 g/mol. The SMILES string of the molecule is C[C@H](OC(=O)/C=C/c1ccc([N+](=O)[O-])cc1)C(=O)NCC(F)(F)F. The van der Waals surface area contributed by atoms with Crippen molar-refractivity contribution in [2.24, 2.45) is 0 Å². The molecule has 0 spiro atoms. The minimum absolute atomic E-state index is 0.121. The smallest absolute Gasteiger partial charge is 0.405 e. The molecule has 0 saturated heterocycles. The quantitative estimate of drug-likeness (QED) is 0.369. The van der Waals surface area contributed by atoms with Gasteiger partial charge in [0.2, 0.25) is 0 Å². The Hall–Kier alpha value is -2.91. The van der Waals surface area contributed by atoms with E-state index in [0.717, 1.165) is 13.0 Å². The number of nitrogens with one attached hydrogen (secondary N) is 1. The molecule has 1 amide bonds. The highest BCUT2D eigenvalue weighted by Gasteiger charge is 2.29. The highest BCUT2D eigenvalue weighted by Crippen LogP contribution is 2.13. The largest absolute Gasteiger partial charge is 0.449 e. The van der Waals surface area contributed by atoms with E-state index in [4.69, 9.17) is 0 Å². The first-order valence-electron chi connectivity index (χ1n) is 6.56. The molecule has 1 atom stereocenters. The van der Waals surface area contributed by atoms with Crippen LogP contribution in [0.25, 0.3) is 6.08 Å². The van der Waals surface area contributed by atoms with Crippen molar-refractivity contribution in [1.29, 1.82) is 0 Å². The summed E-state index contributed by atoms with van der Waals surface area (Å²) in [5.41, 5.74) is 0.344. The molecule has 0 aliphatic rings. The van der Waals surface area contributed by atoms with Gasteiger partial charge < -0.3 is 10.1 Å². The zero-order chi connectivity index (χ0) is 18.3. The standard InChI is InChI=1S/C14H13F3N2O5/c1-9(13(21)18-8-14(15,16)17)24-12(20)7-4-10-2-5-11(6-3-10)19(22)23/h2-7,9H,8H2,1H3,(H,18,21)/b7-4+/t9-/m0/s1. The fourth-order valence-electron chi connectivity index (χ4n) is 1.47. The summed E-state index contributed by atoms with van der Waals surface area (Å²) in [6.45, 7) is -0.393. The molecule has 0 aliphatic heterocycles. The summed E-state index contributed by atoms with van der Waals surface area (Å²) in [7, 11) is 0. The summed E-state index contributed by atoms with van der Waals surface area (Å²) >= 11 is 0. The van der Waals surface area contributed by atoms with Crippen LogP contribution >= 0.6 is 0 Å². The molecule has 0 fully saturated rings. The number of esters is 1. The van der Waals surface area contributed by atoms with Crippen LogP contribution in [-0.4, -0.2) is 35.6 Å². The molecule has 24 heavy (non-hydrogen) atoms. The summed E-state index contributed by atoms with van der Waals surface area (Å²) in [6, 6.07) is 5.25. The predicted molar refractivity (Wildman–Crippen MR) is 76.7 cm³/mol. The Labute approximate surface area is 134 Å². The number of amides is 1. The number of non-ortho nitro benzene ring substituents is 1. The van der Waals surface area contributed by atoms with Gasteiger partial charge in [0.15, 0.2) is 6.10 Å². The van der Waals surface area contributed by atoms with Crippen LogP contribution in [0.4, 0.5) is 18.9 Å². The van der Waals surface area contributed by atoms with Crippen LogP contribution in [-0.2, 0) is 14.3 Å². The second-order valence-corrected chi connectivity index (χ2v) is 4.59. The van der Waals surface area contributed by atoms with E-state index in [9.17, 15) is 32.9 Å². The number of halogens is 3. The van der Waals surface area contributed by atoms with E-state index in [2.05, 4.69) is 4.74 Å². The third-order valence-corrected chi connectivity index (χ3v) is 2.64. The summed E-state index contributed by atoms with van der Waals surface area (Å²) in [5, 5.41) is 12.1. The molecule has 1 N–H and O–H groups in total. The van der Waals surface area contributed by atoms with Gasteiger partial charge in [-0.25, -0.2) is 4.79 Å². The van der Waals surface area contributed by atoms with Crippen LogP contribution in [0.1, 0.15) is 12.5 Å². The van der Waals surface area contributed by atoms with E-state index in [0.29, 0.717) is 5.56 Å². The van der Waals surface area contributed by atoms with Gasteiger partial charge in [-0.15, -0.1) is 0 Å². The zero-order valence-corrected chi connectivity index (χ0v) is 12.4. The van der Waals surface area contributed by atoms with Gasteiger partial charge >= 0.3 is 12.1 Å². The van der Waals surface area contributed by atoms with Crippen molar-refractivity contribution in [3.05, 3.63) is 46.0 Å². The molecule has 0 aliphatic carbocycles. The molecule has 130 valence electrons. The number of nitrogens with zero attached hydrogens (tertiary/aromatic N) is 1. The maximum atomic E-state index is 12.0. The molecule has 1 aromatic rings. The number of ether oxygens (including phenoxy) is 1. The summed E-state index contributed by atoms with van der Waals surface area (Å²) < 4.78 is 40.5. The van der Waals surface area contributed by atoms with Gasteiger partial charge in [-0.3, -0.25) is 14.9 Å². The van der Waals surface area contributed by atoms with Crippen molar-refractivity contribution < 1.29 is 32.4 Å². The van der Waals surface area contributed by atoms with Crippen molar-refractivity contribution in [2.75, 3.05) is 6.54 Å². The van der Waals surface area contributed by atoms with Crippen LogP contribution in [0.2, 0.25) is 0 Å². The Morgan fingerprint density at radius 1 is 1.33 bits per heavy atom. The van der Waals surface area contributed by atoms with E-state index in [1.807, 2.05) is 0 Å². The molecule has 7 nitrogen and oxygen atoms in total. The lowest BCUT2D eigenvalue weighted by atomic mass is 10.2. The number of nitro benzene ring substituents is 1. The van der Waals surface area contributed by atoms with Crippen molar-refractivity contribution >= 4 is 23.6 Å². The summed E-state index contributed by atoms with van der Waals surface area (Å²) in [5.74, 6) is -2.02. The van der Waals surface area contributed by atoms with Gasteiger partial charge in [-0.2, -0.15) is 13.2 Å². The number of rotatable bonds is 6. The fourth-order valence-corrected chi connectivity index (χ4v) is 1.47. The molecule has 0 aromatic heterocycles. The van der Waals surface area contributed by atoms with Crippen LogP contribution in [0.15, 0.2) is 30.3 Å². The first-order chi connectivity index (χ1) is 11.1. The van der Waals surface area contributed by atoms with Crippen molar-refractivity contribution in [2.45, 2.75) is 19.2 Å². The van der Waals surface area contributed by atoms with Crippen LogP contribution in [0.3, 0.4) is 0 Å². The van der Waals surface area contributed by atoms with E-state index in [1.54, 1.807) is 5.32 Å². The Balaban J connectivity index is 2.52. The number of carbonyl (C=O) groups is 2. The molecule has 0 radical (unpaired) electrons. The first-order valence-corrected chi connectivity index (χ1v) is 6.56. The van der Waals surface area contributed by atoms with Gasteiger partial charge in [0, 0.05) is 18.2 Å². The highest BCUT2D eigenvalue weighted by molar-refractivity contribution is 5.90. The van der Waals surface area contributed by atoms with E-state index < -0.39 is 35.6 Å². The predicted octanol–water partition coefficient (Wildman–Crippen LogP) is 2.22. The topological polar surface area (TPSA) is 98.5 Å². The average Bonchev–Trinajstić information content (AvgIpc) is 2.50. The van der Waals surface area contributed by atoms with Crippen molar-refractivity contribution in [3.8, 4) is 0 Å². The Morgan fingerprint density at radius 3 is 2.42 bits per heavy atom. The van der Waals surface area contributed by atoms with Crippen molar-refractivity contribution in [3.63, 3.8) is 0 Å². The lowest BCUT2D eigenvalue weighted by Crippen LogP contribution is -2.40. The van der Waals surface area contributed by atoms with Crippen LogP contribution < -0.4 is 5.32 Å². The monoisotopic (exact) mass is 346 g/mol. The molecule has 0 unspecified atom stereocenters. The lowest BCUT2D eigenvalue weighted by Gasteiger charge is -2.13. The van der Waals surface area contributed by atoms with Crippen LogP contribution in [0, 0.1) is 10.1 Å². The Morgan fingerprint density at radius 2 is 1.92 bits per heavy atom. The maximum Gasteiger partial charge on any atom is 0.405 e. The number of carbonyl (C=O) groups excluding carboxylic acids is 2. The molecule has 0 saturated carbocycles.